The largest absolute Gasteiger partial charge is 0.382 e. The molecule has 2 N–H and O–H groups in total. The van der Waals surface area contributed by atoms with Crippen LogP contribution in [0.3, 0.4) is 0 Å². The van der Waals surface area contributed by atoms with Gasteiger partial charge in [0.05, 0.1) is 6.33 Å². The van der Waals surface area contributed by atoms with Crippen molar-refractivity contribution in [3.8, 4) is 0 Å². The maximum absolute atomic E-state index is 5.52. The van der Waals surface area contributed by atoms with Crippen LogP contribution in [0.15, 0.2) is 47.8 Å². The molecule has 0 amide bonds. The zero-order valence-corrected chi connectivity index (χ0v) is 9.15. The molecule has 1 aromatic heterocycles. The summed E-state index contributed by atoms with van der Waals surface area (Å²) in [6.45, 7) is 0.934. The van der Waals surface area contributed by atoms with E-state index in [2.05, 4.69) is 29.2 Å². The minimum Gasteiger partial charge on any atom is -0.382 e. The minimum absolute atomic E-state index is 0.583. The van der Waals surface area contributed by atoms with Crippen molar-refractivity contribution < 1.29 is 0 Å². The van der Waals surface area contributed by atoms with E-state index in [9.17, 15) is 0 Å². The summed E-state index contributed by atoms with van der Waals surface area (Å²) in [4.78, 5) is 5.27. The molecular weight excluding hydrogens is 206 g/mol. The summed E-state index contributed by atoms with van der Waals surface area (Å²) in [6, 6.07) is 10.4. The quantitative estimate of drug-likeness (QED) is 0.802. The van der Waals surface area contributed by atoms with Gasteiger partial charge in [0, 0.05) is 23.4 Å². The number of anilines is 1. The molecule has 4 heteroatoms. The van der Waals surface area contributed by atoms with Gasteiger partial charge in [-0.05, 0) is 12.1 Å². The van der Waals surface area contributed by atoms with Crippen LogP contribution < -0.4 is 5.73 Å². The number of aryl methyl sites for hydroxylation is 1. The van der Waals surface area contributed by atoms with E-state index in [4.69, 9.17) is 5.73 Å². The third kappa shape index (κ3) is 3.02. The highest BCUT2D eigenvalue weighted by Gasteiger charge is 1.95. The van der Waals surface area contributed by atoms with Crippen LogP contribution in [0.1, 0.15) is 0 Å². The second kappa shape index (κ2) is 4.89. The fourth-order valence-electron chi connectivity index (χ4n) is 1.29. The second-order valence-electron chi connectivity index (χ2n) is 3.20. The third-order valence-electron chi connectivity index (χ3n) is 2.01. The molecule has 0 saturated carbocycles. The predicted molar refractivity (Wildman–Crippen MR) is 63.8 cm³/mol. The van der Waals surface area contributed by atoms with Gasteiger partial charge in [-0.1, -0.05) is 18.2 Å². The lowest BCUT2D eigenvalue weighted by molar-refractivity contribution is 0.770. The number of benzene rings is 1. The van der Waals surface area contributed by atoms with Gasteiger partial charge in [-0.25, -0.2) is 4.98 Å². The van der Waals surface area contributed by atoms with Gasteiger partial charge in [0.1, 0.15) is 5.82 Å². The molecule has 0 spiro atoms. The Morgan fingerprint density at radius 2 is 2.07 bits per heavy atom. The standard InChI is InChI=1S/C11H13N3S/c12-11-8-14(9-13-11)6-7-15-10-4-2-1-3-5-10/h1-5,8-9H,6-7,12H2. The molecule has 2 aromatic rings. The molecule has 0 radical (unpaired) electrons. The summed E-state index contributed by atoms with van der Waals surface area (Å²) in [5, 5.41) is 0. The van der Waals surface area contributed by atoms with Crippen LogP contribution >= 0.6 is 11.8 Å². The van der Waals surface area contributed by atoms with E-state index in [-0.39, 0.29) is 0 Å². The topological polar surface area (TPSA) is 43.8 Å². The minimum atomic E-state index is 0.583. The van der Waals surface area contributed by atoms with Crippen LogP contribution in [0.4, 0.5) is 5.82 Å². The van der Waals surface area contributed by atoms with Crippen molar-refractivity contribution >= 4 is 17.6 Å². The van der Waals surface area contributed by atoms with Crippen LogP contribution in [0.2, 0.25) is 0 Å². The number of rotatable bonds is 4. The predicted octanol–water partition coefficient (Wildman–Crippen LogP) is 2.26. The van der Waals surface area contributed by atoms with Gasteiger partial charge in [0.15, 0.2) is 0 Å². The van der Waals surface area contributed by atoms with Crippen molar-refractivity contribution in [2.75, 3.05) is 11.5 Å². The molecule has 0 aliphatic rings. The van der Waals surface area contributed by atoms with E-state index < -0.39 is 0 Å². The highest BCUT2D eigenvalue weighted by Crippen LogP contribution is 2.17. The van der Waals surface area contributed by atoms with Crippen LogP contribution in [0.5, 0.6) is 0 Å². The van der Waals surface area contributed by atoms with E-state index in [0.717, 1.165) is 12.3 Å². The summed E-state index contributed by atoms with van der Waals surface area (Å²) in [5.74, 6) is 1.61. The number of thioether (sulfide) groups is 1. The number of aromatic nitrogens is 2. The molecule has 0 aliphatic carbocycles. The molecule has 0 atom stereocenters. The average molecular weight is 219 g/mol. The molecule has 0 unspecified atom stereocenters. The summed E-state index contributed by atoms with van der Waals surface area (Å²) < 4.78 is 2.01. The van der Waals surface area contributed by atoms with E-state index in [1.54, 1.807) is 6.33 Å². The number of nitrogens with zero attached hydrogens (tertiary/aromatic N) is 2. The van der Waals surface area contributed by atoms with Crippen LogP contribution in [0.25, 0.3) is 0 Å². The molecule has 1 aromatic carbocycles. The first-order chi connectivity index (χ1) is 7.34. The Balaban J connectivity index is 1.80. The summed E-state index contributed by atoms with van der Waals surface area (Å²) in [5.41, 5.74) is 5.52. The molecule has 78 valence electrons. The average Bonchev–Trinajstić information content (AvgIpc) is 2.66. The molecule has 0 saturated heterocycles. The first kappa shape index (κ1) is 10.1. The lowest BCUT2D eigenvalue weighted by Crippen LogP contribution is -1.96. The first-order valence-corrected chi connectivity index (χ1v) is 5.78. The van der Waals surface area contributed by atoms with Gasteiger partial charge in [0.2, 0.25) is 0 Å². The normalized spacial score (nSPS) is 10.4. The molecule has 2 rings (SSSR count). The Morgan fingerprint density at radius 3 is 2.73 bits per heavy atom. The van der Waals surface area contributed by atoms with Gasteiger partial charge in [-0.3, -0.25) is 0 Å². The molecule has 3 nitrogen and oxygen atoms in total. The van der Waals surface area contributed by atoms with Gasteiger partial charge in [-0.2, -0.15) is 0 Å². The highest BCUT2D eigenvalue weighted by atomic mass is 32.2. The molecule has 0 fully saturated rings. The van der Waals surface area contributed by atoms with Crippen molar-refractivity contribution in [2.45, 2.75) is 11.4 Å². The molecule has 15 heavy (non-hydrogen) atoms. The summed E-state index contributed by atoms with van der Waals surface area (Å²) in [6.07, 6.45) is 3.62. The fraction of sp³-hybridized carbons (Fsp3) is 0.182. The summed E-state index contributed by atoms with van der Waals surface area (Å²) in [7, 11) is 0. The lowest BCUT2D eigenvalue weighted by atomic mass is 10.4. The summed E-state index contributed by atoms with van der Waals surface area (Å²) >= 11 is 1.84. The Bertz CT molecular complexity index is 411. The SMILES string of the molecule is Nc1cn(CCSc2ccccc2)cn1. The van der Waals surface area contributed by atoms with Crippen LogP contribution in [-0.4, -0.2) is 15.3 Å². The molecule has 0 bridgehead atoms. The highest BCUT2D eigenvalue weighted by molar-refractivity contribution is 7.99. The van der Waals surface area contributed by atoms with Crippen LogP contribution in [-0.2, 0) is 6.54 Å². The van der Waals surface area contributed by atoms with E-state index in [0.29, 0.717) is 5.82 Å². The van der Waals surface area contributed by atoms with Crippen molar-refractivity contribution in [3.05, 3.63) is 42.9 Å². The first-order valence-electron chi connectivity index (χ1n) is 4.80. The molecule has 0 aliphatic heterocycles. The Kier molecular flexibility index (Phi) is 3.29. The van der Waals surface area contributed by atoms with Gasteiger partial charge >= 0.3 is 0 Å². The van der Waals surface area contributed by atoms with Gasteiger partial charge in [-0.15, -0.1) is 11.8 Å². The number of imidazole rings is 1. The smallest absolute Gasteiger partial charge is 0.141 e. The monoisotopic (exact) mass is 219 g/mol. The molecule has 1 heterocycles. The van der Waals surface area contributed by atoms with E-state index >= 15 is 0 Å². The maximum Gasteiger partial charge on any atom is 0.141 e. The zero-order valence-electron chi connectivity index (χ0n) is 8.34. The van der Waals surface area contributed by atoms with Crippen LogP contribution in [0, 0.1) is 0 Å². The number of hydrogen-bond donors (Lipinski definition) is 1. The van der Waals surface area contributed by atoms with Crippen molar-refractivity contribution in [1.29, 1.82) is 0 Å². The van der Waals surface area contributed by atoms with Gasteiger partial charge in [0.25, 0.3) is 0 Å². The molecular formula is C11H13N3S. The number of nitrogens with two attached hydrogens (primary N) is 1. The van der Waals surface area contributed by atoms with Crippen molar-refractivity contribution in [1.82, 2.24) is 9.55 Å². The Morgan fingerprint density at radius 1 is 1.27 bits per heavy atom. The Labute approximate surface area is 93.3 Å². The zero-order chi connectivity index (χ0) is 10.5. The van der Waals surface area contributed by atoms with E-state index in [1.165, 1.54) is 4.90 Å². The second-order valence-corrected chi connectivity index (χ2v) is 4.37. The fourth-order valence-corrected chi connectivity index (χ4v) is 2.17. The number of hydrogen-bond acceptors (Lipinski definition) is 3. The van der Waals surface area contributed by atoms with Gasteiger partial charge < -0.3 is 10.3 Å². The lowest BCUT2D eigenvalue weighted by Gasteiger charge is -2.01. The maximum atomic E-state index is 5.52. The van der Waals surface area contributed by atoms with Crippen molar-refractivity contribution in [3.63, 3.8) is 0 Å². The Hall–Kier alpha value is -1.42. The third-order valence-corrected chi connectivity index (χ3v) is 3.01. The van der Waals surface area contributed by atoms with Crippen molar-refractivity contribution in [2.24, 2.45) is 0 Å². The van der Waals surface area contributed by atoms with E-state index in [1.807, 2.05) is 28.6 Å². The number of nitrogen functional groups attached to an aromatic ring is 1.